The van der Waals surface area contributed by atoms with Gasteiger partial charge in [0.15, 0.2) is 0 Å². The maximum absolute atomic E-state index is 2.66. The third-order valence-corrected chi connectivity index (χ3v) is 12.3. The number of rotatable bonds is 9. The average Bonchev–Trinajstić information content (AvgIpc) is 3.11. The number of nitrogens with zero attached hydrogens (tertiary/aromatic N) is 1. The molecule has 3 heteroatoms. The van der Waals surface area contributed by atoms with Gasteiger partial charge in [0.2, 0.25) is 0 Å². The zero-order chi connectivity index (χ0) is 15.1. The fourth-order valence-electron chi connectivity index (χ4n) is 4.20. The molecule has 0 saturated carbocycles. The Bertz CT molecular complexity index is 284. The first kappa shape index (κ1) is 18.2. The smallest absolute Gasteiger partial charge is 0.0183 e. The van der Waals surface area contributed by atoms with Crippen LogP contribution in [0, 0.1) is 0 Å². The first-order valence-corrected chi connectivity index (χ1v) is 13.0. The summed E-state index contributed by atoms with van der Waals surface area (Å²) in [4.78, 5) is 2.66. The van der Waals surface area contributed by atoms with Gasteiger partial charge in [-0.05, 0) is 81.9 Å². The van der Waals surface area contributed by atoms with Gasteiger partial charge in [0.25, 0.3) is 0 Å². The van der Waals surface area contributed by atoms with Crippen LogP contribution in [0.4, 0.5) is 0 Å². The van der Waals surface area contributed by atoms with Crippen molar-refractivity contribution in [3.8, 4) is 0 Å². The lowest BCUT2D eigenvalue weighted by molar-refractivity contribution is 0.379. The summed E-state index contributed by atoms with van der Waals surface area (Å²) in [5.74, 6) is 0. The van der Waals surface area contributed by atoms with E-state index in [2.05, 4.69) is 25.8 Å². The predicted molar refractivity (Wildman–Crippen MR) is 102 cm³/mol. The van der Waals surface area contributed by atoms with Crippen LogP contribution in [0.3, 0.4) is 0 Å². The van der Waals surface area contributed by atoms with Crippen molar-refractivity contribution in [2.75, 3.05) is 38.4 Å². The highest BCUT2D eigenvalue weighted by Crippen LogP contribution is 2.62. The van der Waals surface area contributed by atoms with Crippen molar-refractivity contribution in [1.29, 1.82) is 0 Å². The molecular formula is C18H37NP2. The second kappa shape index (κ2) is 9.85. The van der Waals surface area contributed by atoms with Crippen molar-refractivity contribution < 1.29 is 0 Å². The van der Waals surface area contributed by atoms with Gasteiger partial charge in [-0.1, -0.05) is 34.6 Å². The molecule has 2 rings (SSSR count). The molecule has 124 valence electrons. The Balaban J connectivity index is 1.85. The quantitative estimate of drug-likeness (QED) is 0.486. The van der Waals surface area contributed by atoms with Gasteiger partial charge in [-0.25, -0.2) is 0 Å². The van der Waals surface area contributed by atoms with Crippen molar-refractivity contribution in [2.24, 2.45) is 0 Å². The summed E-state index contributed by atoms with van der Waals surface area (Å²) in [7, 11) is 3.11. The Morgan fingerprint density at radius 3 is 2.19 bits per heavy atom. The standard InChI is InChI=1S/C18H37NP2/c1-4-6-12-19(3)16-21-15-9-11-18(21)17-10-8-14-20(17)13-7-5-2/h17-18H,4-16H2,1-3H3/t17-,18?,20?,21?/m1/s1. The molecule has 2 fully saturated rings. The predicted octanol–water partition coefficient (Wildman–Crippen LogP) is 5.76. The highest BCUT2D eigenvalue weighted by molar-refractivity contribution is 7.63. The van der Waals surface area contributed by atoms with E-state index < -0.39 is 0 Å². The van der Waals surface area contributed by atoms with Crippen LogP contribution in [0.25, 0.3) is 0 Å². The molecule has 0 bridgehead atoms. The van der Waals surface area contributed by atoms with Gasteiger partial charge < -0.3 is 4.90 Å². The molecule has 0 N–H and O–H groups in total. The van der Waals surface area contributed by atoms with E-state index in [0.717, 1.165) is 5.66 Å². The minimum Gasteiger partial charge on any atom is -0.302 e. The minimum absolute atomic E-state index is 0.325. The monoisotopic (exact) mass is 329 g/mol. The lowest BCUT2D eigenvalue weighted by Gasteiger charge is -2.33. The van der Waals surface area contributed by atoms with Gasteiger partial charge >= 0.3 is 0 Å². The first-order valence-electron chi connectivity index (χ1n) is 9.43. The molecule has 0 aromatic heterocycles. The van der Waals surface area contributed by atoms with Crippen molar-refractivity contribution in [3.05, 3.63) is 0 Å². The van der Waals surface area contributed by atoms with Crippen molar-refractivity contribution in [3.63, 3.8) is 0 Å². The number of hydrogen-bond donors (Lipinski definition) is 0. The van der Waals surface area contributed by atoms with Gasteiger partial charge in [0.1, 0.15) is 0 Å². The zero-order valence-electron chi connectivity index (χ0n) is 14.7. The maximum atomic E-state index is 2.66. The maximum Gasteiger partial charge on any atom is 0.0183 e. The lowest BCUT2D eigenvalue weighted by atomic mass is 10.1. The van der Waals surface area contributed by atoms with E-state index in [1.807, 2.05) is 0 Å². The fraction of sp³-hybridized carbons (Fsp3) is 1.00. The van der Waals surface area contributed by atoms with E-state index in [4.69, 9.17) is 0 Å². The average molecular weight is 329 g/mol. The fourth-order valence-corrected chi connectivity index (χ4v) is 11.9. The van der Waals surface area contributed by atoms with E-state index in [1.54, 1.807) is 44.2 Å². The molecule has 2 saturated heterocycles. The van der Waals surface area contributed by atoms with E-state index in [-0.39, 0.29) is 0 Å². The van der Waals surface area contributed by atoms with Crippen LogP contribution in [0.2, 0.25) is 0 Å². The van der Waals surface area contributed by atoms with E-state index in [1.165, 1.54) is 44.2 Å². The molecule has 0 spiro atoms. The molecule has 0 aromatic rings. The molecule has 0 aromatic carbocycles. The summed E-state index contributed by atoms with van der Waals surface area (Å²) in [6, 6.07) is 0. The summed E-state index contributed by atoms with van der Waals surface area (Å²) in [6.07, 6.45) is 18.2. The van der Waals surface area contributed by atoms with Crippen LogP contribution in [0.5, 0.6) is 0 Å². The number of unbranched alkanes of at least 4 members (excludes halogenated alkanes) is 2. The molecule has 2 aliphatic heterocycles. The zero-order valence-corrected chi connectivity index (χ0v) is 16.5. The van der Waals surface area contributed by atoms with Gasteiger partial charge in [0.05, 0.1) is 0 Å². The van der Waals surface area contributed by atoms with Gasteiger partial charge in [-0.3, -0.25) is 0 Å². The van der Waals surface area contributed by atoms with Crippen LogP contribution in [0.15, 0.2) is 0 Å². The molecule has 2 heterocycles. The van der Waals surface area contributed by atoms with Crippen LogP contribution in [0.1, 0.15) is 65.2 Å². The lowest BCUT2D eigenvalue weighted by Crippen LogP contribution is -2.26. The van der Waals surface area contributed by atoms with E-state index in [0.29, 0.717) is 15.8 Å². The molecule has 4 atom stereocenters. The molecule has 2 aliphatic rings. The molecule has 1 nitrogen and oxygen atoms in total. The Labute approximate surface area is 136 Å². The Morgan fingerprint density at radius 2 is 1.52 bits per heavy atom. The Morgan fingerprint density at radius 1 is 0.905 bits per heavy atom. The second-order valence-electron chi connectivity index (χ2n) is 7.20. The normalized spacial score (nSPS) is 33.1. The molecule has 0 amide bonds. The highest BCUT2D eigenvalue weighted by Gasteiger charge is 2.39. The van der Waals surface area contributed by atoms with Crippen molar-refractivity contribution in [2.45, 2.75) is 76.5 Å². The highest BCUT2D eigenvalue weighted by atomic mass is 31.1. The summed E-state index contributed by atoms with van der Waals surface area (Å²) in [5, 5.41) is 0. The van der Waals surface area contributed by atoms with Crippen molar-refractivity contribution >= 4 is 15.8 Å². The summed E-state index contributed by atoms with van der Waals surface area (Å²) in [6.45, 7) is 6.01. The molecule has 21 heavy (non-hydrogen) atoms. The van der Waals surface area contributed by atoms with Crippen LogP contribution >= 0.6 is 15.8 Å². The summed E-state index contributed by atoms with van der Waals surface area (Å²) < 4.78 is 0. The minimum atomic E-state index is 0.325. The van der Waals surface area contributed by atoms with Crippen LogP contribution < -0.4 is 0 Å². The first-order chi connectivity index (χ1) is 10.3. The summed E-state index contributed by atoms with van der Waals surface area (Å²) >= 11 is 0. The molecular weight excluding hydrogens is 292 g/mol. The summed E-state index contributed by atoms with van der Waals surface area (Å²) in [5.41, 5.74) is 2.34. The van der Waals surface area contributed by atoms with E-state index in [9.17, 15) is 0 Å². The van der Waals surface area contributed by atoms with Crippen molar-refractivity contribution in [1.82, 2.24) is 4.90 Å². The topological polar surface area (TPSA) is 3.24 Å². The van der Waals surface area contributed by atoms with E-state index >= 15 is 0 Å². The van der Waals surface area contributed by atoms with Gasteiger partial charge in [0, 0.05) is 6.29 Å². The van der Waals surface area contributed by atoms with Gasteiger partial charge in [-0.15, -0.1) is 7.92 Å². The SMILES string of the molecule is CCCCN(C)CP1CCCC1[C@H]1CCCP1CCCC. The van der Waals surface area contributed by atoms with Crippen LogP contribution in [-0.4, -0.2) is 54.6 Å². The third kappa shape index (κ3) is 5.44. The largest absolute Gasteiger partial charge is 0.302 e. The Hall–Kier alpha value is 0.820. The Kier molecular flexibility index (Phi) is 8.52. The molecule has 3 unspecified atom stereocenters. The third-order valence-electron chi connectivity index (χ3n) is 5.39. The second-order valence-corrected chi connectivity index (χ2v) is 12.5. The van der Waals surface area contributed by atoms with Gasteiger partial charge in [-0.2, -0.15) is 0 Å². The van der Waals surface area contributed by atoms with Crippen LogP contribution in [-0.2, 0) is 0 Å². The number of hydrogen-bond acceptors (Lipinski definition) is 1. The molecule has 0 aliphatic carbocycles. The molecule has 0 radical (unpaired) electrons.